The fourth-order valence-electron chi connectivity index (χ4n) is 3.74. The van der Waals surface area contributed by atoms with E-state index < -0.39 is 40.0 Å². The number of ether oxygens (including phenoxy) is 1. The number of hydrogen-bond donors (Lipinski definition) is 2. The standard InChI is InChI=1S/C21H24N4O7S/c1-14-5-6-15(33(29,30)24-7-10-31-11-8-24)12-16(14)22-18(26)13-25-19(27)21(2,23-20(25)28)17-4-3-9-32-17/h3-6,9,12H,7-8,10-11,13H2,1-2H3,(H,22,26)(H,23,28). The number of sulfonamides is 1. The first kappa shape index (κ1) is 23.0. The van der Waals surface area contributed by atoms with Crippen LogP contribution in [-0.4, -0.2) is 68.3 Å². The van der Waals surface area contributed by atoms with Crippen LogP contribution in [0, 0.1) is 6.92 Å². The second kappa shape index (κ2) is 8.61. The average molecular weight is 477 g/mol. The van der Waals surface area contributed by atoms with Crippen molar-refractivity contribution in [3.63, 3.8) is 0 Å². The number of hydrogen-bond acceptors (Lipinski definition) is 7. The molecule has 2 saturated heterocycles. The lowest BCUT2D eigenvalue weighted by atomic mass is 9.99. The molecule has 0 spiro atoms. The Kier molecular flexibility index (Phi) is 5.99. The van der Waals surface area contributed by atoms with Crippen LogP contribution < -0.4 is 10.6 Å². The number of nitrogens with one attached hydrogen (secondary N) is 2. The summed E-state index contributed by atoms with van der Waals surface area (Å²) in [5.74, 6) is -1.02. The second-order valence-corrected chi connectivity index (χ2v) is 9.90. The molecule has 0 saturated carbocycles. The van der Waals surface area contributed by atoms with Crippen LogP contribution in [0.2, 0.25) is 0 Å². The van der Waals surface area contributed by atoms with Gasteiger partial charge in [0.2, 0.25) is 15.9 Å². The maximum absolute atomic E-state index is 12.9. The Morgan fingerprint density at radius 1 is 1.21 bits per heavy atom. The van der Waals surface area contributed by atoms with Crippen molar-refractivity contribution in [1.82, 2.24) is 14.5 Å². The average Bonchev–Trinajstić information content (AvgIpc) is 3.40. The number of rotatable bonds is 6. The molecule has 2 aromatic rings. The lowest BCUT2D eigenvalue weighted by Gasteiger charge is -2.26. The van der Waals surface area contributed by atoms with Gasteiger partial charge in [-0.2, -0.15) is 4.31 Å². The third kappa shape index (κ3) is 4.24. The molecule has 3 heterocycles. The highest BCUT2D eigenvalue weighted by Gasteiger charge is 2.51. The number of amides is 4. The Bertz CT molecular complexity index is 1190. The first-order valence-electron chi connectivity index (χ1n) is 10.3. The Morgan fingerprint density at radius 3 is 2.61 bits per heavy atom. The van der Waals surface area contributed by atoms with Gasteiger partial charge in [0.05, 0.1) is 24.4 Å². The van der Waals surface area contributed by atoms with Gasteiger partial charge in [0.15, 0.2) is 5.54 Å². The molecule has 2 N–H and O–H groups in total. The van der Waals surface area contributed by atoms with E-state index in [4.69, 9.17) is 9.15 Å². The summed E-state index contributed by atoms with van der Waals surface area (Å²) in [7, 11) is -3.75. The normalized spacial score (nSPS) is 21.8. The Labute approximate surface area is 190 Å². The van der Waals surface area contributed by atoms with E-state index in [-0.39, 0.29) is 29.4 Å². The third-order valence-corrected chi connectivity index (χ3v) is 7.58. The van der Waals surface area contributed by atoms with E-state index in [1.54, 1.807) is 25.1 Å². The molecule has 11 nitrogen and oxygen atoms in total. The summed E-state index contributed by atoms with van der Waals surface area (Å²) in [6, 6.07) is 6.86. The first-order chi connectivity index (χ1) is 15.6. The molecule has 33 heavy (non-hydrogen) atoms. The van der Waals surface area contributed by atoms with Gasteiger partial charge in [-0.05, 0) is 43.7 Å². The number of carbonyl (C=O) groups is 3. The molecule has 4 amide bonds. The molecule has 2 fully saturated rings. The predicted molar refractivity (Wildman–Crippen MR) is 116 cm³/mol. The second-order valence-electron chi connectivity index (χ2n) is 7.97. The quantitative estimate of drug-likeness (QED) is 0.594. The van der Waals surface area contributed by atoms with Crippen LogP contribution in [0.3, 0.4) is 0 Å². The van der Waals surface area contributed by atoms with Crippen molar-refractivity contribution in [3.8, 4) is 0 Å². The number of furan rings is 1. The van der Waals surface area contributed by atoms with E-state index in [2.05, 4.69) is 10.6 Å². The summed E-state index contributed by atoms with van der Waals surface area (Å²) in [4.78, 5) is 38.8. The molecule has 0 radical (unpaired) electrons. The van der Waals surface area contributed by atoms with Gasteiger partial charge in [-0.1, -0.05) is 6.07 Å². The van der Waals surface area contributed by atoms with E-state index in [0.29, 0.717) is 18.8 Å². The minimum absolute atomic E-state index is 0.0330. The molecule has 2 aliphatic rings. The number of nitrogens with zero attached hydrogens (tertiary/aromatic N) is 2. The van der Waals surface area contributed by atoms with Crippen LogP contribution in [0.15, 0.2) is 45.9 Å². The van der Waals surface area contributed by atoms with Crippen molar-refractivity contribution in [3.05, 3.63) is 47.9 Å². The third-order valence-electron chi connectivity index (χ3n) is 5.68. The maximum atomic E-state index is 12.9. The summed E-state index contributed by atoms with van der Waals surface area (Å²) >= 11 is 0. The zero-order chi connectivity index (χ0) is 23.8. The number of anilines is 1. The largest absolute Gasteiger partial charge is 0.466 e. The minimum atomic E-state index is -3.75. The minimum Gasteiger partial charge on any atom is -0.466 e. The highest BCUT2D eigenvalue weighted by molar-refractivity contribution is 7.89. The summed E-state index contributed by atoms with van der Waals surface area (Å²) < 4.78 is 37.7. The van der Waals surface area contributed by atoms with E-state index in [9.17, 15) is 22.8 Å². The summed E-state index contributed by atoms with van der Waals surface area (Å²) in [5, 5.41) is 5.16. The van der Waals surface area contributed by atoms with Crippen LogP contribution in [0.25, 0.3) is 0 Å². The predicted octanol–water partition coefficient (Wildman–Crippen LogP) is 1.01. The monoisotopic (exact) mass is 476 g/mol. The van der Waals surface area contributed by atoms with Gasteiger partial charge in [0.1, 0.15) is 12.3 Å². The molecule has 0 bridgehead atoms. The molecule has 4 rings (SSSR count). The van der Waals surface area contributed by atoms with Crippen molar-refractivity contribution in [1.29, 1.82) is 0 Å². The van der Waals surface area contributed by atoms with E-state index >= 15 is 0 Å². The number of morpholine rings is 1. The van der Waals surface area contributed by atoms with Gasteiger partial charge in [-0.3, -0.25) is 14.5 Å². The zero-order valence-electron chi connectivity index (χ0n) is 18.2. The van der Waals surface area contributed by atoms with Gasteiger partial charge < -0.3 is 19.8 Å². The number of imide groups is 1. The molecular formula is C21H24N4O7S. The maximum Gasteiger partial charge on any atom is 0.325 e. The molecule has 0 aliphatic carbocycles. The molecule has 1 aromatic carbocycles. The van der Waals surface area contributed by atoms with Crippen LogP contribution in [0.5, 0.6) is 0 Å². The number of benzene rings is 1. The lowest BCUT2D eigenvalue weighted by Crippen LogP contribution is -2.42. The van der Waals surface area contributed by atoms with E-state index in [0.717, 1.165) is 4.90 Å². The summed E-state index contributed by atoms with van der Waals surface area (Å²) in [5.41, 5.74) is -0.514. The Hall–Kier alpha value is -3.22. The van der Waals surface area contributed by atoms with Crippen LogP contribution in [-0.2, 0) is 29.9 Å². The Morgan fingerprint density at radius 2 is 1.94 bits per heavy atom. The van der Waals surface area contributed by atoms with Crippen molar-refractivity contribution < 1.29 is 32.0 Å². The molecule has 12 heteroatoms. The van der Waals surface area contributed by atoms with Crippen molar-refractivity contribution in [2.24, 2.45) is 0 Å². The van der Waals surface area contributed by atoms with Crippen molar-refractivity contribution >= 4 is 33.6 Å². The van der Waals surface area contributed by atoms with Gasteiger partial charge in [-0.25, -0.2) is 13.2 Å². The molecule has 1 atom stereocenters. The van der Waals surface area contributed by atoms with Crippen molar-refractivity contribution in [2.45, 2.75) is 24.3 Å². The van der Waals surface area contributed by atoms with Crippen LogP contribution in [0.4, 0.5) is 10.5 Å². The van der Waals surface area contributed by atoms with Gasteiger partial charge in [0, 0.05) is 18.8 Å². The fourth-order valence-corrected chi connectivity index (χ4v) is 5.17. The first-order valence-corrected chi connectivity index (χ1v) is 11.7. The highest BCUT2D eigenvalue weighted by atomic mass is 32.2. The molecule has 1 unspecified atom stereocenters. The zero-order valence-corrected chi connectivity index (χ0v) is 19.0. The molecule has 1 aromatic heterocycles. The van der Waals surface area contributed by atoms with Crippen LogP contribution in [0.1, 0.15) is 18.2 Å². The van der Waals surface area contributed by atoms with Crippen LogP contribution >= 0.6 is 0 Å². The molecule has 2 aliphatic heterocycles. The SMILES string of the molecule is Cc1ccc(S(=O)(=O)N2CCOCC2)cc1NC(=O)CN1C(=O)NC(C)(c2ccco2)C1=O. The number of urea groups is 1. The van der Waals surface area contributed by atoms with Gasteiger partial charge >= 0.3 is 6.03 Å². The van der Waals surface area contributed by atoms with E-state index in [1.165, 1.54) is 29.6 Å². The number of carbonyl (C=O) groups excluding carboxylic acids is 3. The molecular weight excluding hydrogens is 452 g/mol. The van der Waals surface area contributed by atoms with Gasteiger partial charge in [-0.15, -0.1) is 0 Å². The Balaban J connectivity index is 1.49. The summed E-state index contributed by atoms with van der Waals surface area (Å²) in [6.07, 6.45) is 1.39. The smallest absolute Gasteiger partial charge is 0.325 e. The summed E-state index contributed by atoms with van der Waals surface area (Å²) in [6.45, 7) is 3.80. The van der Waals surface area contributed by atoms with E-state index in [1.807, 2.05) is 0 Å². The molecule has 176 valence electrons. The fraction of sp³-hybridized carbons (Fsp3) is 0.381. The van der Waals surface area contributed by atoms with Crippen molar-refractivity contribution in [2.75, 3.05) is 38.2 Å². The topological polar surface area (TPSA) is 138 Å². The highest BCUT2D eigenvalue weighted by Crippen LogP contribution is 2.29. The lowest BCUT2D eigenvalue weighted by molar-refractivity contribution is -0.134. The number of aryl methyl sites for hydroxylation is 1. The van der Waals surface area contributed by atoms with Gasteiger partial charge in [0.25, 0.3) is 5.91 Å².